The lowest BCUT2D eigenvalue weighted by Crippen LogP contribution is -2.58. The SMILES string of the molecule is CCC1(c2cccc(-c3ccncc3F)c2)C2=C(CC(C)(C)NC2=O)NC2N=NC(C)=C21. The molecule has 2 N–H and O–H groups in total. The van der Waals surface area contributed by atoms with Crippen LogP contribution in [0.5, 0.6) is 0 Å². The molecule has 5 rings (SSSR count). The van der Waals surface area contributed by atoms with Crippen molar-refractivity contribution in [2.24, 2.45) is 10.2 Å². The lowest BCUT2D eigenvalue weighted by molar-refractivity contribution is -0.120. The second-order valence-electron chi connectivity index (χ2n) is 9.32. The van der Waals surface area contributed by atoms with Gasteiger partial charge in [-0.2, -0.15) is 10.2 Å². The topological polar surface area (TPSA) is 78.7 Å². The van der Waals surface area contributed by atoms with Crippen molar-refractivity contribution >= 4 is 5.91 Å². The van der Waals surface area contributed by atoms with E-state index in [1.54, 1.807) is 12.3 Å². The van der Waals surface area contributed by atoms with Crippen LogP contribution in [0.15, 0.2) is 75.5 Å². The van der Waals surface area contributed by atoms with Crippen LogP contribution < -0.4 is 10.6 Å². The van der Waals surface area contributed by atoms with Gasteiger partial charge in [0, 0.05) is 35.0 Å². The van der Waals surface area contributed by atoms with E-state index < -0.39 is 5.41 Å². The minimum atomic E-state index is -0.709. The fourth-order valence-electron chi connectivity index (χ4n) is 5.49. The lowest BCUT2D eigenvalue weighted by atomic mass is 9.61. The van der Waals surface area contributed by atoms with E-state index >= 15 is 0 Å². The molecular weight excluding hydrogens is 405 g/mol. The van der Waals surface area contributed by atoms with Gasteiger partial charge in [0.05, 0.1) is 22.9 Å². The van der Waals surface area contributed by atoms with E-state index in [1.807, 2.05) is 45.0 Å². The zero-order chi connectivity index (χ0) is 22.7. The third-order valence-corrected chi connectivity index (χ3v) is 6.75. The van der Waals surface area contributed by atoms with E-state index in [0.717, 1.165) is 28.1 Å². The van der Waals surface area contributed by atoms with Crippen molar-refractivity contribution in [1.82, 2.24) is 15.6 Å². The van der Waals surface area contributed by atoms with Crippen LogP contribution in [-0.4, -0.2) is 22.6 Å². The van der Waals surface area contributed by atoms with Gasteiger partial charge in [-0.1, -0.05) is 25.1 Å². The van der Waals surface area contributed by atoms with E-state index in [0.29, 0.717) is 24.0 Å². The fraction of sp³-hybridized carbons (Fsp3) is 0.360. The summed E-state index contributed by atoms with van der Waals surface area (Å²) >= 11 is 0. The molecule has 0 saturated heterocycles. The number of fused-ring (bicyclic) bond motifs is 1. The predicted molar refractivity (Wildman–Crippen MR) is 120 cm³/mol. The first kappa shape index (κ1) is 20.5. The maximum absolute atomic E-state index is 14.5. The summed E-state index contributed by atoms with van der Waals surface area (Å²) in [6.07, 6.45) is 3.82. The number of nitrogens with one attached hydrogen (secondary N) is 2. The molecule has 2 unspecified atom stereocenters. The second-order valence-corrected chi connectivity index (χ2v) is 9.32. The van der Waals surface area contributed by atoms with E-state index in [2.05, 4.69) is 32.8 Å². The number of carbonyl (C=O) groups is 1. The number of azo groups is 1. The molecule has 0 radical (unpaired) electrons. The molecule has 0 saturated carbocycles. The number of halogens is 1. The Kier molecular flexibility index (Phi) is 4.55. The smallest absolute Gasteiger partial charge is 0.250 e. The maximum atomic E-state index is 14.5. The van der Waals surface area contributed by atoms with Crippen molar-refractivity contribution < 1.29 is 9.18 Å². The van der Waals surface area contributed by atoms with Crippen LogP contribution >= 0.6 is 0 Å². The number of rotatable bonds is 3. The molecule has 7 heteroatoms. The van der Waals surface area contributed by atoms with Gasteiger partial charge >= 0.3 is 0 Å². The molecule has 164 valence electrons. The zero-order valence-electron chi connectivity index (χ0n) is 18.7. The summed E-state index contributed by atoms with van der Waals surface area (Å²) in [5.74, 6) is -0.464. The van der Waals surface area contributed by atoms with Gasteiger partial charge in [-0.15, -0.1) is 0 Å². The van der Waals surface area contributed by atoms with Crippen molar-refractivity contribution in [3.05, 3.63) is 76.6 Å². The highest BCUT2D eigenvalue weighted by Gasteiger charge is 2.54. The third kappa shape index (κ3) is 2.91. The number of pyridine rings is 1. The molecule has 0 bridgehead atoms. The van der Waals surface area contributed by atoms with Gasteiger partial charge < -0.3 is 10.6 Å². The van der Waals surface area contributed by atoms with Crippen molar-refractivity contribution in [2.45, 2.75) is 57.7 Å². The Morgan fingerprint density at radius 3 is 2.81 bits per heavy atom. The van der Waals surface area contributed by atoms with Crippen LogP contribution in [0.3, 0.4) is 0 Å². The molecule has 0 aliphatic carbocycles. The zero-order valence-corrected chi connectivity index (χ0v) is 18.7. The molecule has 2 aromatic rings. The summed E-state index contributed by atoms with van der Waals surface area (Å²) in [5.41, 5.74) is 4.50. The second kappa shape index (κ2) is 7.08. The van der Waals surface area contributed by atoms with E-state index in [9.17, 15) is 9.18 Å². The van der Waals surface area contributed by atoms with Crippen molar-refractivity contribution in [2.75, 3.05) is 0 Å². The molecule has 0 spiro atoms. The van der Waals surface area contributed by atoms with Gasteiger partial charge in [0.15, 0.2) is 6.17 Å². The van der Waals surface area contributed by atoms with Crippen LogP contribution in [0.2, 0.25) is 0 Å². The Labute approximate surface area is 186 Å². The summed E-state index contributed by atoms with van der Waals surface area (Å²) in [5, 5.41) is 15.5. The Balaban J connectivity index is 1.78. The summed E-state index contributed by atoms with van der Waals surface area (Å²) in [6, 6.07) is 9.48. The van der Waals surface area contributed by atoms with E-state index in [-0.39, 0.29) is 23.4 Å². The van der Waals surface area contributed by atoms with Gasteiger partial charge in [-0.25, -0.2) is 4.39 Å². The van der Waals surface area contributed by atoms with Crippen LogP contribution in [0.4, 0.5) is 4.39 Å². The Morgan fingerprint density at radius 1 is 1.25 bits per heavy atom. The van der Waals surface area contributed by atoms with Gasteiger partial charge in [0.2, 0.25) is 0 Å². The number of hydrogen-bond acceptors (Lipinski definition) is 5. The summed E-state index contributed by atoms with van der Waals surface area (Å²) < 4.78 is 14.5. The minimum absolute atomic E-state index is 0.0863. The Bertz CT molecular complexity index is 1230. The number of carbonyl (C=O) groups excluding carboxylic acids is 1. The largest absolute Gasteiger partial charge is 0.362 e. The van der Waals surface area contributed by atoms with Crippen LogP contribution in [0.1, 0.15) is 46.1 Å². The number of hydrogen-bond donors (Lipinski definition) is 2. The highest BCUT2D eigenvalue weighted by atomic mass is 19.1. The number of aromatic nitrogens is 1. The minimum Gasteiger partial charge on any atom is -0.362 e. The molecule has 0 fully saturated rings. The first-order chi connectivity index (χ1) is 15.3. The monoisotopic (exact) mass is 431 g/mol. The number of allylic oxidation sites excluding steroid dienone is 1. The van der Waals surface area contributed by atoms with E-state index in [1.165, 1.54) is 6.20 Å². The van der Waals surface area contributed by atoms with Crippen LogP contribution in [0.25, 0.3) is 11.1 Å². The molecule has 4 heterocycles. The number of benzene rings is 1. The predicted octanol–water partition coefficient (Wildman–Crippen LogP) is 4.76. The highest BCUT2D eigenvalue weighted by Crippen LogP contribution is 2.53. The third-order valence-electron chi connectivity index (χ3n) is 6.75. The molecule has 32 heavy (non-hydrogen) atoms. The maximum Gasteiger partial charge on any atom is 0.250 e. The number of nitrogens with zero attached hydrogens (tertiary/aromatic N) is 3. The molecule has 6 nitrogen and oxygen atoms in total. The Morgan fingerprint density at radius 2 is 2.06 bits per heavy atom. The quantitative estimate of drug-likeness (QED) is 0.736. The summed E-state index contributed by atoms with van der Waals surface area (Å²) in [7, 11) is 0. The van der Waals surface area contributed by atoms with Gasteiger partial charge in [-0.3, -0.25) is 9.78 Å². The average molecular weight is 432 g/mol. The van der Waals surface area contributed by atoms with Gasteiger partial charge in [0.25, 0.3) is 5.91 Å². The first-order valence-corrected chi connectivity index (χ1v) is 10.9. The molecule has 1 amide bonds. The molecular formula is C25H26FN5O. The number of amides is 1. The standard InChI is InChI=1S/C25H26FN5O/c1-5-25(16-8-6-7-15(11-16)17-9-10-27-13-18(17)26)20-14(2)30-31-22(20)28-19-12-24(3,4)29-23(32)21(19)25/h6-11,13,22,28H,5,12H2,1-4H3,(H,29,32). The Hall–Kier alpha value is -3.35. The van der Waals surface area contributed by atoms with Crippen molar-refractivity contribution in [3.8, 4) is 11.1 Å². The van der Waals surface area contributed by atoms with Crippen molar-refractivity contribution in [1.29, 1.82) is 0 Å². The van der Waals surface area contributed by atoms with E-state index in [4.69, 9.17) is 0 Å². The van der Waals surface area contributed by atoms with Crippen LogP contribution in [0, 0.1) is 5.82 Å². The molecule has 3 aliphatic heterocycles. The molecule has 1 aromatic heterocycles. The summed E-state index contributed by atoms with van der Waals surface area (Å²) in [6.45, 7) is 8.05. The molecule has 2 atom stereocenters. The summed E-state index contributed by atoms with van der Waals surface area (Å²) in [4.78, 5) is 17.4. The van der Waals surface area contributed by atoms with Gasteiger partial charge in [-0.05, 0) is 50.5 Å². The average Bonchev–Trinajstić information content (AvgIpc) is 3.12. The van der Waals surface area contributed by atoms with Gasteiger partial charge in [0.1, 0.15) is 5.82 Å². The fourth-order valence-corrected chi connectivity index (χ4v) is 5.49. The molecule has 1 aromatic carbocycles. The first-order valence-electron chi connectivity index (χ1n) is 10.9. The normalized spacial score (nSPS) is 25.9. The molecule has 3 aliphatic rings. The highest BCUT2D eigenvalue weighted by molar-refractivity contribution is 6.00. The lowest BCUT2D eigenvalue weighted by Gasteiger charge is -2.48. The van der Waals surface area contributed by atoms with Crippen LogP contribution in [-0.2, 0) is 10.2 Å². The van der Waals surface area contributed by atoms with Crippen molar-refractivity contribution in [3.63, 3.8) is 0 Å².